The maximum atomic E-state index is 13.5. The Morgan fingerprint density at radius 1 is 0.951 bits per heavy atom. The van der Waals surface area contributed by atoms with Gasteiger partial charge in [-0.25, -0.2) is 0 Å². The van der Waals surface area contributed by atoms with E-state index in [0.717, 1.165) is 16.9 Å². The average molecular weight is 586 g/mol. The molecule has 0 radical (unpaired) electrons. The Kier molecular flexibility index (Phi) is 13.1. The molecule has 0 aromatic heterocycles. The van der Waals surface area contributed by atoms with Crippen molar-refractivity contribution in [1.29, 1.82) is 0 Å². The first kappa shape index (κ1) is 35.0. The second-order valence-electron chi connectivity index (χ2n) is 13.3. The number of benzene rings is 2. The molecule has 0 heterocycles. The lowest BCUT2D eigenvalue weighted by atomic mass is 9.86. The number of carbonyl (C=O) groups is 1. The highest BCUT2D eigenvalue weighted by atomic mass is 28.4. The number of ether oxygens (including phenoxy) is 2. The third kappa shape index (κ3) is 9.95. The number of aliphatic hydroxyl groups is 1. The largest absolute Gasteiger partial charge is 0.497 e. The van der Waals surface area contributed by atoms with Crippen LogP contribution in [0.25, 0.3) is 0 Å². The topological polar surface area (TPSA) is 68.2 Å². The molecule has 1 amide bonds. The fraction of sp³-hybridized carbons (Fsp3) is 0.618. The molecule has 7 heteroatoms. The second kappa shape index (κ2) is 15.3. The van der Waals surface area contributed by atoms with E-state index < -0.39 is 14.4 Å². The van der Waals surface area contributed by atoms with Crippen LogP contribution >= 0.6 is 0 Å². The summed E-state index contributed by atoms with van der Waals surface area (Å²) in [5, 5.41) is 11.0. The van der Waals surface area contributed by atoms with E-state index >= 15 is 0 Å². The third-order valence-corrected chi connectivity index (χ3v) is 13.3. The van der Waals surface area contributed by atoms with Crippen molar-refractivity contribution in [1.82, 2.24) is 4.90 Å². The maximum Gasteiger partial charge on any atom is 0.225 e. The molecule has 2 aromatic carbocycles. The van der Waals surface area contributed by atoms with Crippen LogP contribution < -0.4 is 4.74 Å². The van der Waals surface area contributed by atoms with Crippen molar-refractivity contribution in [3.05, 3.63) is 65.7 Å². The smallest absolute Gasteiger partial charge is 0.225 e. The lowest BCUT2D eigenvalue weighted by Gasteiger charge is -2.43. The van der Waals surface area contributed by atoms with Crippen LogP contribution in [-0.4, -0.2) is 57.1 Å². The minimum Gasteiger partial charge on any atom is -0.497 e. The highest BCUT2D eigenvalue weighted by molar-refractivity contribution is 6.74. The summed E-state index contributed by atoms with van der Waals surface area (Å²) in [7, 11) is 1.38. The standard InChI is InChI=1S/C34H55NO5Si/c1-24(21-25(2)33(37)35(8)27(4)31(36)29-15-13-12-14-16-29)32(40-41(10,11)34(5,6)7)26(3)22-39-23-28-17-19-30(38-9)20-18-28/h12-20,24-27,31-32,36H,21-23H2,1-11H3/t24-,25+,26-,27-,31+,32+/m0/s1. The minimum atomic E-state index is -2.08. The summed E-state index contributed by atoms with van der Waals surface area (Å²) < 4.78 is 18.4. The van der Waals surface area contributed by atoms with Crippen molar-refractivity contribution >= 4 is 14.2 Å². The molecule has 2 rings (SSSR count). The summed E-state index contributed by atoms with van der Waals surface area (Å²) in [5.74, 6) is 0.950. The summed E-state index contributed by atoms with van der Waals surface area (Å²) >= 11 is 0. The van der Waals surface area contributed by atoms with Crippen molar-refractivity contribution < 1.29 is 23.8 Å². The van der Waals surface area contributed by atoms with Crippen LogP contribution in [0.1, 0.15) is 72.1 Å². The Balaban J connectivity index is 2.10. The summed E-state index contributed by atoms with van der Waals surface area (Å²) in [5.41, 5.74) is 1.91. The van der Waals surface area contributed by atoms with E-state index in [1.54, 1.807) is 19.1 Å². The molecule has 0 saturated heterocycles. The molecular formula is C34H55NO5Si. The van der Waals surface area contributed by atoms with Crippen LogP contribution in [-0.2, 0) is 20.6 Å². The van der Waals surface area contributed by atoms with Crippen LogP contribution in [0.2, 0.25) is 18.1 Å². The normalized spacial score (nSPS) is 16.8. The Labute approximate surface area is 250 Å². The highest BCUT2D eigenvalue weighted by Crippen LogP contribution is 2.40. The summed E-state index contributed by atoms with van der Waals surface area (Å²) in [6.07, 6.45) is -0.0913. The molecule has 0 bridgehead atoms. The molecule has 0 aliphatic carbocycles. The summed E-state index contributed by atoms with van der Waals surface area (Å²) in [4.78, 5) is 15.2. The zero-order valence-corrected chi connectivity index (χ0v) is 28.3. The van der Waals surface area contributed by atoms with Crippen molar-refractivity contribution in [3.63, 3.8) is 0 Å². The molecular weight excluding hydrogens is 530 g/mol. The van der Waals surface area contributed by atoms with Gasteiger partial charge in [-0.3, -0.25) is 4.79 Å². The molecule has 0 saturated carbocycles. The van der Waals surface area contributed by atoms with Gasteiger partial charge in [-0.05, 0) is 60.7 Å². The monoisotopic (exact) mass is 585 g/mol. The third-order valence-electron chi connectivity index (χ3n) is 8.87. The molecule has 0 aliphatic rings. The molecule has 230 valence electrons. The van der Waals surface area contributed by atoms with Crippen molar-refractivity contribution in [2.24, 2.45) is 17.8 Å². The highest BCUT2D eigenvalue weighted by Gasteiger charge is 2.42. The van der Waals surface area contributed by atoms with Crippen LogP contribution in [0.3, 0.4) is 0 Å². The first-order valence-electron chi connectivity index (χ1n) is 15.0. The predicted molar refractivity (Wildman–Crippen MR) is 170 cm³/mol. The van der Waals surface area contributed by atoms with E-state index in [4.69, 9.17) is 13.9 Å². The molecule has 0 aliphatic heterocycles. The lowest BCUT2D eigenvalue weighted by molar-refractivity contribution is -0.138. The first-order chi connectivity index (χ1) is 19.1. The summed E-state index contributed by atoms with van der Waals surface area (Å²) in [6.45, 7) is 20.7. The molecule has 1 N–H and O–H groups in total. The maximum absolute atomic E-state index is 13.5. The molecule has 2 aromatic rings. The second-order valence-corrected chi connectivity index (χ2v) is 18.1. The van der Waals surface area contributed by atoms with Crippen LogP contribution in [0.15, 0.2) is 54.6 Å². The van der Waals surface area contributed by atoms with Gasteiger partial charge in [0.25, 0.3) is 0 Å². The van der Waals surface area contributed by atoms with Crippen LogP contribution in [0, 0.1) is 17.8 Å². The van der Waals surface area contributed by atoms with Gasteiger partial charge >= 0.3 is 0 Å². The lowest BCUT2D eigenvalue weighted by Crippen LogP contribution is -2.48. The molecule has 0 spiro atoms. The van der Waals surface area contributed by atoms with Gasteiger partial charge in [0.15, 0.2) is 8.32 Å². The Morgan fingerprint density at radius 3 is 2.07 bits per heavy atom. The number of aliphatic hydroxyl groups excluding tert-OH is 1. The van der Waals surface area contributed by atoms with Crippen molar-refractivity contribution in [2.45, 2.75) is 97.9 Å². The van der Waals surface area contributed by atoms with E-state index in [2.05, 4.69) is 47.7 Å². The number of nitrogens with zero attached hydrogens (tertiary/aromatic N) is 1. The van der Waals surface area contributed by atoms with Gasteiger partial charge in [-0.1, -0.05) is 84.0 Å². The van der Waals surface area contributed by atoms with E-state index in [-0.39, 0.29) is 40.8 Å². The average Bonchev–Trinajstić information content (AvgIpc) is 2.94. The number of hydrogen-bond acceptors (Lipinski definition) is 5. The fourth-order valence-corrected chi connectivity index (χ4v) is 6.47. The first-order valence-corrected chi connectivity index (χ1v) is 17.9. The Morgan fingerprint density at radius 2 is 1.54 bits per heavy atom. The number of methoxy groups -OCH3 is 1. The van der Waals surface area contributed by atoms with E-state index in [1.807, 2.05) is 68.4 Å². The number of carbonyl (C=O) groups excluding carboxylic acids is 1. The van der Waals surface area contributed by atoms with Crippen molar-refractivity contribution in [3.8, 4) is 5.75 Å². The SMILES string of the molecule is COc1ccc(COC[C@H](C)[C@H](O[Si](C)(C)C(C)(C)C)[C@@H](C)C[C@@H](C)C(=O)N(C)[C@@H](C)[C@@H](O)c2ccccc2)cc1. The van der Waals surface area contributed by atoms with E-state index in [9.17, 15) is 9.90 Å². The Hall–Kier alpha value is -2.19. The number of rotatable bonds is 15. The van der Waals surface area contributed by atoms with Crippen LogP contribution in [0.5, 0.6) is 5.75 Å². The zero-order chi connectivity index (χ0) is 31.0. The van der Waals surface area contributed by atoms with E-state index in [1.165, 1.54) is 0 Å². The van der Waals surface area contributed by atoms with Gasteiger partial charge in [0, 0.05) is 18.9 Å². The van der Waals surface area contributed by atoms with Gasteiger partial charge < -0.3 is 23.9 Å². The fourth-order valence-electron chi connectivity index (χ4n) is 4.97. The van der Waals surface area contributed by atoms with Crippen molar-refractivity contribution in [2.75, 3.05) is 20.8 Å². The van der Waals surface area contributed by atoms with Crippen LogP contribution in [0.4, 0.5) is 0 Å². The zero-order valence-electron chi connectivity index (χ0n) is 27.3. The number of hydrogen-bond donors (Lipinski definition) is 1. The van der Waals surface area contributed by atoms with Gasteiger partial charge in [0.1, 0.15) is 5.75 Å². The number of likely N-dealkylation sites (N-methyl/N-ethyl adjacent to an activating group) is 1. The van der Waals surface area contributed by atoms with Gasteiger partial charge in [0.2, 0.25) is 5.91 Å². The quantitative estimate of drug-likeness (QED) is 0.220. The molecule has 6 atom stereocenters. The van der Waals surface area contributed by atoms with Gasteiger partial charge in [0.05, 0.1) is 38.6 Å². The molecule has 0 fully saturated rings. The summed E-state index contributed by atoms with van der Waals surface area (Å²) in [6, 6.07) is 17.1. The number of amides is 1. The van der Waals surface area contributed by atoms with Gasteiger partial charge in [-0.15, -0.1) is 0 Å². The van der Waals surface area contributed by atoms with E-state index in [0.29, 0.717) is 19.6 Å². The molecule has 0 unspecified atom stereocenters. The molecule has 41 heavy (non-hydrogen) atoms. The molecule has 6 nitrogen and oxygen atoms in total. The van der Waals surface area contributed by atoms with Gasteiger partial charge in [-0.2, -0.15) is 0 Å². The predicted octanol–water partition coefficient (Wildman–Crippen LogP) is 7.48. The Bertz CT molecular complexity index is 1050. The minimum absolute atomic E-state index is 0.0359.